The lowest BCUT2D eigenvalue weighted by Gasteiger charge is -2.03. The zero-order valence-electron chi connectivity index (χ0n) is 12.1. The molecule has 1 aromatic carbocycles. The number of aromatic nitrogens is 4. The van der Waals surface area contributed by atoms with Gasteiger partial charge in [-0.25, -0.2) is 4.98 Å². The molecule has 0 bridgehead atoms. The Balaban J connectivity index is 2.27. The maximum absolute atomic E-state index is 12.3. The van der Waals surface area contributed by atoms with E-state index in [4.69, 9.17) is 5.73 Å². The number of H-pyrrole nitrogens is 1. The van der Waals surface area contributed by atoms with Gasteiger partial charge < -0.3 is 10.7 Å². The number of nitrogens with one attached hydrogen (secondary N) is 1. The molecule has 6 heteroatoms. The predicted octanol–water partition coefficient (Wildman–Crippen LogP) is 1.86. The van der Waals surface area contributed by atoms with Crippen LogP contribution in [0.5, 0.6) is 0 Å². The van der Waals surface area contributed by atoms with E-state index >= 15 is 0 Å². The van der Waals surface area contributed by atoms with E-state index in [1.165, 1.54) is 0 Å². The number of aromatic amines is 1. The molecule has 0 unspecified atom stereocenters. The van der Waals surface area contributed by atoms with E-state index in [0.717, 1.165) is 24.1 Å². The molecule has 3 N–H and O–H groups in total. The first-order chi connectivity index (χ1) is 10.1. The van der Waals surface area contributed by atoms with E-state index in [1.807, 2.05) is 12.1 Å². The van der Waals surface area contributed by atoms with Gasteiger partial charge in [-0.05, 0) is 18.6 Å². The van der Waals surface area contributed by atoms with Crippen LogP contribution in [0.1, 0.15) is 19.0 Å². The van der Waals surface area contributed by atoms with Crippen LogP contribution in [0.3, 0.4) is 0 Å². The number of hydrogen-bond acceptors (Lipinski definition) is 4. The van der Waals surface area contributed by atoms with Gasteiger partial charge in [0.05, 0.1) is 5.69 Å². The lowest BCUT2D eigenvalue weighted by Crippen LogP contribution is -2.12. The number of nitrogens with two attached hydrogens (primary N) is 1. The van der Waals surface area contributed by atoms with Crippen molar-refractivity contribution in [3.05, 3.63) is 40.3 Å². The van der Waals surface area contributed by atoms with Crippen molar-refractivity contribution in [3.8, 4) is 11.4 Å². The van der Waals surface area contributed by atoms with E-state index in [9.17, 15) is 4.79 Å². The maximum Gasteiger partial charge on any atom is 0.277 e. The normalized spacial score (nSPS) is 11.1. The molecule has 0 saturated carbocycles. The number of benzene rings is 1. The van der Waals surface area contributed by atoms with Gasteiger partial charge in [-0.3, -0.25) is 9.48 Å². The fourth-order valence-electron chi connectivity index (χ4n) is 2.47. The standard InChI is InChI=1S/C15H17N5O/c1-3-5-11-12-13(20(2)19-11)15(21)18-14(17-12)9-6-4-7-10(16)8-9/h4,6-8H,3,5,16H2,1-2H3,(H,17,18,21). The van der Waals surface area contributed by atoms with Gasteiger partial charge in [0, 0.05) is 18.3 Å². The summed E-state index contributed by atoms with van der Waals surface area (Å²) in [6.45, 7) is 2.08. The summed E-state index contributed by atoms with van der Waals surface area (Å²) in [6, 6.07) is 7.30. The highest BCUT2D eigenvalue weighted by atomic mass is 16.1. The summed E-state index contributed by atoms with van der Waals surface area (Å²) in [7, 11) is 1.76. The molecule has 2 heterocycles. The molecule has 0 spiro atoms. The van der Waals surface area contributed by atoms with Gasteiger partial charge in [0.1, 0.15) is 11.3 Å². The Labute approximate surface area is 121 Å². The Morgan fingerprint density at radius 1 is 1.38 bits per heavy atom. The lowest BCUT2D eigenvalue weighted by atomic mass is 10.2. The highest BCUT2D eigenvalue weighted by Gasteiger charge is 2.15. The second kappa shape index (κ2) is 5.05. The SMILES string of the molecule is CCCc1nn(C)c2c(=O)[nH]c(-c3cccc(N)c3)nc12. The minimum atomic E-state index is -0.185. The number of anilines is 1. The average Bonchev–Trinajstić information content (AvgIpc) is 2.76. The van der Waals surface area contributed by atoms with E-state index in [1.54, 1.807) is 23.9 Å². The zero-order valence-corrected chi connectivity index (χ0v) is 12.1. The van der Waals surface area contributed by atoms with E-state index in [2.05, 4.69) is 22.0 Å². The van der Waals surface area contributed by atoms with Crippen molar-refractivity contribution < 1.29 is 0 Å². The molecule has 108 valence electrons. The van der Waals surface area contributed by atoms with Gasteiger partial charge in [-0.15, -0.1) is 0 Å². The molecular formula is C15H17N5O. The molecule has 0 amide bonds. The molecule has 3 aromatic rings. The Morgan fingerprint density at radius 2 is 2.19 bits per heavy atom. The van der Waals surface area contributed by atoms with Gasteiger partial charge in [-0.2, -0.15) is 5.10 Å². The van der Waals surface area contributed by atoms with Crippen LogP contribution in [0.4, 0.5) is 5.69 Å². The van der Waals surface area contributed by atoms with Gasteiger partial charge in [0.15, 0.2) is 5.52 Å². The van der Waals surface area contributed by atoms with Crippen LogP contribution < -0.4 is 11.3 Å². The first-order valence-electron chi connectivity index (χ1n) is 6.92. The first-order valence-corrected chi connectivity index (χ1v) is 6.92. The van der Waals surface area contributed by atoms with Crippen LogP contribution in [-0.2, 0) is 13.5 Å². The number of hydrogen-bond donors (Lipinski definition) is 2. The van der Waals surface area contributed by atoms with E-state index < -0.39 is 0 Å². The van der Waals surface area contributed by atoms with Gasteiger partial charge in [0.2, 0.25) is 0 Å². The van der Waals surface area contributed by atoms with Crippen molar-refractivity contribution in [2.24, 2.45) is 7.05 Å². The van der Waals surface area contributed by atoms with Gasteiger partial charge in [0.25, 0.3) is 5.56 Å². The Kier molecular flexibility index (Phi) is 3.21. The molecule has 0 radical (unpaired) electrons. The van der Waals surface area contributed by atoms with Gasteiger partial charge in [-0.1, -0.05) is 25.5 Å². The number of aryl methyl sites for hydroxylation is 2. The van der Waals surface area contributed by atoms with Crippen LogP contribution in [0.15, 0.2) is 29.1 Å². The van der Waals surface area contributed by atoms with Gasteiger partial charge >= 0.3 is 0 Å². The number of rotatable bonds is 3. The summed E-state index contributed by atoms with van der Waals surface area (Å²) >= 11 is 0. The largest absolute Gasteiger partial charge is 0.399 e. The van der Waals surface area contributed by atoms with Crippen molar-refractivity contribution in [2.75, 3.05) is 5.73 Å². The van der Waals surface area contributed by atoms with E-state index in [0.29, 0.717) is 22.5 Å². The Morgan fingerprint density at radius 3 is 2.90 bits per heavy atom. The number of fused-ring (bicyclic) bond motifs is 1. The molecule has 6 nitrogen and oxygen atoms in total. The molecule has 0 saturated heterocycles. The third-order valence-electron chi connectivity index (χ3n) is 3.41. The fraction of sp³-hybridized carbons (Fsp3) is 0.267. The minimum Gasteiger partial charge on any atom is -0.399 e. The molecule has 3 rings (SSSR count). The average molecular weight is 283 g/mol. The summed E-state index contributed by atoms with van der Waals surface area (Å²) < 4.78 is 1.59. The second-order valence-electron chi connectivity index (χ2n) is 5.06. The summed E-state index contributed by atoms with van der Waals surface area (Å²) in [5, 5.41) is 4.40. The van der Waals surface area contributed by atoms with Crippen molar-refractivity contribution in [1.29, 1.82) is 0 Å². The third-order valence-corrected chi connectivity index (χ3v) is 3.41. The molecule has 21 heavy (non-hydrogen) atoms. The lowest BCUT2D eigenvalue weighted by molar-refractivity contribution is 0.751. The Bertz CT molecular complexity index is 862. The fourth-order valence-corrected chi connectivity index (χ4v) is 2.47. The summed E-state index contributed by atoms with van der Waals surface area (Å²) in [5.74, 6) is 0.519. The highest BCUT2D eigenvalue weighted by Crippen LogP contribution is 2.20. The number of nitrogens with zero attached hydrogens (tertiary/aromatic N) is 3. The predicted molar refractivity (Wildman–Crippen MR) is 83.0 cm³/mol. The Hall–Kier alpha value is -2.63. The molecule has 0 aliphatic rings. The van der Waals surface area contributed by atoms with Crippen LogP contribution in [0.2, 0.25) is 0 Å². The monoisotopic (exact) mass is 283 g/mol. The molecule has 0 aliphatic carbocycles. The summed E-state index contributed by atoms with van der Waals surface area (Å²) in [6.07, 6.45) is 1.75. The molecule has 0 fully saturated rings. The quantitative estimate of drug-likeness (QED) is 0.718. The number of nitrogen functional groups attached to an aromatic ring is 1. The van der Waals surface area contributed by atoms with Crippen molar-refractivity contribution >= 4 is 16.7 Å². The van der Waals surface area contributed by atoms with Crippen LogP contribution in [-0.4, -0.2) is 19.7 Å². The van der Waals surface area contributed by atoms with Crippen molar-refractivity contribution in [3.63, 3.8) is 0 Å². The molecular weight excluding hydrogens is 266 g/mol. The minimum absolute atomic E-state index is 0.185. The second-order valence-corrected chi connectivity index (χ2v) is 5.06. The van der Waals surface area contributed by atoms with Crippen molar-refractivity contribution in [1.82, 2.24) is 19.7 Å². The van der Waals surface area contributed by atoms with E-state index in [-0.39, 0.29) is 5.56 Å². The maximum atomic E-state index is 12.3. The summed E-state index contributed by atoms with van der Waals surface area (Å²) in [4.78, 5) is 19.7. The topological polar surface area (TPSA) is 89.6 Å². The van der Waals surface area contributed by atoms with Crippen molar-refractivity contribution in [2.45, 2.75) is 19.8 Å². The smallest absolute Gasteiger partial charge is 0.277 e. The third kappa shape index (κ3) is 2.29. The van der Waals surface area contributed by atoms with Crippen LogP contribution in [0, 0.1) is 0 Å². The van der Waals surface area contributed by atoms with Crippen LogP contribution in [0.25, 0.3) is 22.4 Å². The highest BCUT2D eigenvalue weighted by molar-refractivity contribution is 5.79. The first kappa shape index (κ1) is 13.4. The zero-order chi connectivity index (χ0) is 15.0. The van der Waals surface area contributed by atoms with Crippen LogP contribution >= 0.6 is 0 Å². The molecule has 0 atom stereocenters. The molecule has 2 aromatic heterocycles. The summed E-state index contributed by atoms with van der Waals surface area (Å²) in [5.41, 5.74) is 9.06. The molecule has 0 aliphatic heterocycles.